The van der Waals surface area contributed by atoms with Crippen LogP contribution in [-0.4, -0.2) is 9.97 Å². The summed E-state index contributed by atoms with van der Waals surface area (Å²) in [6, 6.07) is 15.6. The number of rotatable bonds is 3. The Morgan fingerprint density at radius 2 is 1.68 bits per heavy atom. The number of aryl methyl sites for hydroxylation is 1. The minimum Gasteiger partial charge on any atom is -0.339 e. The topological polar surface area (TPSA) is 37.8 Å². The molecule has 0 saturated carbocycles. The zero-order valence-corrected chi connectivity index (χ0v) is 15.6. The molecule has 2 aromatic heterocycles. The van der Waals surface area contributed by atoms with Gasteiger partial charge < -0.3 is 5.32 Å². The molecule has 2 aromatic carbocycles. The van der Waals surface area contributed by atoms with Gasteiger partial charge in [-0.05, 0) is 30.7 Å². The van der Waals surface area contributed by atoms with Crippen molar-refractivity contribution in [2.75, 3.05) is 5.32 Å². The van der Waals surface area contributed by atoms with E-state index in [1.165, 1.54) is 4.88 Å². The molecule has 0 aliphatic heterocycles. The number of hydrogen-bond acceptors (Lipinski definition) is 4. The van der Waals surface area contributed by atoms with Crippen LogP contribution in [0.15, 0.2) is 54.9 Å². The maximum Gasteiger partial charge on any atom is 0.143 e. The number of benzene rings is 2. The van der Waals surface area contributed by atoms with Crippen molar-refractivity contribution in [3.05, 3.63) is 69.8 Å². The van der Waals surface area contributed by atoms with Gasteiger partial charge >= 0.3 is 0 Å². The molecule has 0 aliphatic rings. The number of hydrogen-bond donors (Lipinski definition) is 1. The van der Waals surface area contributed by atoms with Crippen LogP contribution in [0, 0.1) is 6.92 Å². The second-order valence-electron chi connectivity index (χ2n) is 5.58. The highest BCUT2D eigenvalue weighted by Gasteiger charge is 2.16. The predicted molar refractivity (Wildman–Crippen MR) is 107 cm³/mol. The highest BCUT2D eigenvalue weighted by atomic mass is 35.5. The molecular weight excluding hydrogens is 373 g/mol. The highest BCUT2D eigenvalue weighted by molar-refractivity contribution is 7.19. The first-order valence-electron chi connectivity index (χ1n) is 7.64. The molecule has 0 fully saturated rings. The van der Waals surface area contributed by atoms with E-state index >= 15 is 0 Å². The number of fused-ring (bicyclic) bond motifs is 1. The van der Waals surface area contributed by atoms with E-state index in [9.17, 15) is 0 Å². The average Bonchev–Trinajstić information content (AvgIpc) is 2.91. The lowest BCUT2D eigenvalue weighted by molar-refractivity contribution is 1.23. The van der Waals surface area contributed by atoms with Crippen LogP contribution < -0.4 is 5.32 Å². The number of nitrogens with zero attached hydrogens (tertiary/aromatic N) is 2. The number of thiophene rings is 1. The summed E-state index contributed by atoms with van der Waals surface area (Å²) in [5.74, 6) is 0.742. The van der Waals surface area contributed by atoms with Crippen molar-refractivity contribution in [3.8, 4) is 11.1 Å². The van der Waals surface area contributed by atoms with Gasteiger partial charge in [-0.15, -0.1) is 11.3 Å². The van der Waals surface area contributed by atoms with Crippen molar-refractivity contribution < 1.29 is 0 Å². The lowest BCUT2D eigenvalue weighted by Gasteiger charge is -2.10. The van der Waals surface area contributed by atoms with Crippen LogP contribution in [0.1, 0.15) is 4.88 Å². The van der Waals surface area contributed by atoms with Crippen molar-refractivity contribution >= 4 is 56.3 Å². The molecule has 0 bridgehead atoms. The lowest BCUT2D eigenvalue weighted by Crippen LogP contribution is -1.96. The summed E-state index contributed by atoms with van der Waals surface area (Å²) in [7, 11) is 0. The fraction of sp³-hybridized carbons (Fsp3) is 0.0526. The van der Waals surface area contributed by atoms with Crippen molar-refractivity contribution in [3.63, 3.8) is 0 Å². The van der Waals surface area contributed by atoms with Gasteiger partial charge in [-0.3, -0.25) is 0 Å². The zero-order chi connectivity index (χ0) is 17.4. The zero-order valence-electron chi connectivity index (χ0n) is 13.3. The molecule has 3 nitrogen and oxygen atoms in total. The Balaban J connectivity index is 1.90. The van der Waals surface area contributed by atoms with E-state index in [-0.39, 0.29) is 0 Å². The van der Waals surface area contributed by atoms with Crippen molar-refractivity contribution in [1.29, 1.82) is 0 Å². The number of aromatic nitrogens is 2. The van der Waals surface area contributed by atoms with E-state index in [4.69, 9.17) is 23.2 Å². The molecule has 1 N–H and O–H groups in total. The maximum absolute atomic E-state index is 6.11. The van der Waals surface area contributed by atoms with Gasteiger partial charge in [0.25, 0.3) is 0 Å². The van der Waals surface area contributed by atoms with E-state index in [0.29, 0.717) is 10.0 Å². The van der Waals surface area contributed by atoms with Crippen LogP contribution in [0.5, 0.6) is 0 Å². The predicted octanol–water partition coefficient (Wildman–Crippen LogP) is 6.72. The Morgan fingerprint density at radius 3 is 2.40 bits per heavy atom. The Bertz CT molecular complexity index is 1040. The number of nitrogens with one attached hydrogen (secondary N) is 1. The smallest absolute Gasteiger partial charge is 0.143 e. The molecule has 6 heteroatoms. The van der Waals surface area contributed by atoms with Gasteiger partial charge in [-0.1, -0.05) is 53.5 Å². The van der Waals surface area contributed by atoms with Crippen LogP contribution >= 0.6 is 34.5 Å². The summed E-state index contributed by atoms with van der Waals surface area (Å²) >= 11 is 13.9. The van der Waals surface area contributed by atoms with E-state index in [1.54, 1.807) is 23.7 Å². The second-order valence-corrected chi connectivity index (χ2v) is 7.66. The molecule has 4 rings (SSSR count). The van der Waals surface area contributed by atoms with Gasteiger partial charge in [0.2, 0.25) is 0 Å². The third kappa shape index (κ3) is 3.21. The summed E-state index contributed by atoms with van der Waals surface area (Å²) in [6.45, 7) is 2.11. The van der Waals surface area contributed by atoms with Crippen LogP contribution in [0.25, 0.3) is 21.3 Å². The van der Waals surface area contributed by atoms with Crippen molar-refractivity contribution in [1.82, 2.24) is 9.97 Å². The molecule has 124 valence electrons. The quantitative estimate of drug-likeness (QED) is 0.425. The molecule has 0 aliphatic carbocycles. The third-order valence-electron chi connectivity index (χ3n) is 3.85. The highest BCUT2D eigenvalue weighted by Crippen LogP contribution is 2.41. The fourth-order valence-electron chi connectivity index (χ4n) is 2.85. The van der Waals surface area contributed by atoms with E-state index < -0.39 is 0 Å². The van der Waals surface area contributed by atoms with Crippen LogP contribution in [0.3, 0.4) is 0 Å². The first-order chi connectivity index (χ1) is 12.1. The van der Waals surface area contributed by atoms with Gasteiger partial charge in [0.05, 0.1) is 5.39 Å². The summed E-state index contributed by atoms with van der Waals surface area (Å²) in [5.41, 5.74) is 3.09. The minimum atomic E-state index is 0.574. The van der Waals surface area contributed by atoms with Crippen molar-refractivity contribution in [2.45, 2.75) is 6.92 Å². The fourth-order valence-corrected chi connectivity index (χ4v) is 4.39. The monoisotopic (exact) mass is 385 g/mol. The van der Waals surface area contributed by atoms with E-state index in [2.05, 4.69) is 34.3 Å². The molecule has 25 heavy (non-hydrogen) atoms. The lowest BCUT2D eigenvalue weighted by atomic mass is 10.0. The summed E-state index contributed by atoms with van der Waals surface area (Å²) < 4.78 is 0. The van der Waals surface area contributed by atoms with Crippen LogP contribution in [-0.2, 0) is 0 Å². The molecule has 0 unspecified atom stereocenters. The Hall–Kier alpha value is -2.14. The molecular formula is C19H13Cl2N3S. The summed E-state index contributed by atoms with van der Waals surface area (Å²) in [5, 5.41) is 5.49. The molecule has 0 spiro atoms. The van der Waals surface area contributed by atoms with Gasteiger partial charge in [-0.2, -0.15) is 0 Å². The molecule has 0 amide bonds. The van der Waals surface area contributed by atoms with Gasteiger partial charge in [0.15, 0.2) is 0 Å². The minimum absolute atomic E-state index is 0.574. The number of halogens is 2. The Morgan fingerprint density at radius 1 is 0.960 bits per heavy atom. The SMILES string of the molecule is Cc1sc2ncnc(Nc3cc(Cl)cc(Cl)c3)c2c1-c1ccccc1. The average molecular weight is 386 g/mol. The van der Waals surface area contributed by atoms with Crippen LogP contribution in [0.4, 0.5) is 11.5 Å². The standard InChI is InChI=1S/C19H13Cl2N3S/c1-11-16(12-5-3-2-4-6-12)17-18(22-10-23-19(17)25-11)24-15-8-13(20)7-14(21)9-15/h2-10H,1H3,(H,22,23,24). The van der Waals surface area contributed by atoms with E-state index in [0.717, 1.165) is 32.8 Å². The molecule has 0 atom stereocenters. The third-order valence-corrected chi connectivity index (χ3v) is 5.30. The largest absolute Gasteiger partial charge is 0.339 e. The van der Waals surface area contributed by atoms with Gasteiger partial charge in [0, 0.05) is 26.2 Å². The number of anilines is 2. The summed E-state index contributed by atoms with van der Waals surface area (Å²) in [4.78, 5) is 11.0. The first kappa shape index (κ1) is 16.3. The molecule has 2 heterocycles. The summed E-state index contributed by atoms with van der Waals surface area (Å²) in [6.07, 6.45) is 1.57. The van der Waals surface area contributed by atoms with Gasteiger partial charge in [0.1, 0.15) is 17.0 Å². The Labute approximate surface area is 159 Å². The molecule has 0 saturated heterocycles. The first-order valence-corrected chi connectivity index (χ1v) is 9.21. The van der Waals surface area contributed by atoms with Gasteiger partial charge in [-0.25, -0.2) is 9.97 Å². The second kappa shape index (κ2) is 6.64. The molecule has 0 radical (unpaired) electrons. The van der Waals surface area contributed by atoms with E-state index in [1.807, 2.05) is 30.3 Å². The Kier molecular flexibility index (Phi) is 4.34. The molecule has 4 aromatic rings. The van der Waals surface area contributed by atoms with Crippen LogP contribution in [0.2, 0.25) is 10.0 Å². The maximum atomic E-state index is 6.11. The normalized spacial score (nSPS) is 11.0. The van der Waals surface area contributed by atoms with Crippen molar-refractivity contribution in [2.24, 2.45) is 0 Å².